The van der Waals surface area contributed by atoms with E-state index < -0.39 is 0 Å². The maximum Gasteiger partial charge on any atom is 0.274 e. The standard InChI is InChI=1S/C17H20N4O2/c1-4-21(5-2)16-10-15(18-11-19-16)17(23)20-14-8-6-13(7-9-14)12(3)22/h6-11H,4-5H2,1-3H3,(H,20,23). The Hall–Kier alpha value is -2.76. The first-order valence-electron chi connectivity index (χ1n) is 7.54. The molecule has 2 aromatic rings. The topological polar surface area (TPSA) is 75.2 Å². The van der Waals surface area contributed by atoms with Crippen molar-refractivity contribution in [2.45, 2.75) is 20.8 Å². The summed E-state index contributed by atoms with van der Waals surface area (Å²) in [4.78, 5) is 33.8. The Morgan fingerprint density at radius 2 is 1.74 bits per heavy atom. The molecule has 2 rings (SSSR count). The summed E-state index contributed by atoms with van der Waals surface area (Å²) in [6.07, 6.45) is 1.39. The molecular formula is C17H20N4O2. The van der Waals surface area contributed by atoms with Gasteiger partial charge in [-0.1, -0.05) is 0 Å². The molecule has 0 aliphatic rings. The number of hydrogen-bond acceptors (Lipinski definition) is 5. The monoisotopic (exact) mass is 312 g/mol. The summed E-state index contributed by atoms with van der Waals surface area (Å²) in [5, 5.41) is 2.77. The normalized spacial score (nSPS) is 10.2. The second kappa shape index (κ2) is 7.49. The van der Waals surface area contributed by atoms with E-state index in [4.69, 9.17) is 0 Å². The lowest BCUT2D eigenvalue weighted by atomic mass is 10.1. The van der Waals surface area contributed by atoms with Crippen LogP contribution in [0.2, 0.25) is 0 Å². The highest BCUT2D eigenvalue weighted by Gasteiger charge is 2.12. The minimum atomic E-state index is -0.309. The van der Waals surface area contributed by atoms with Crippen LogP contribution < -0.4 is 10.2 Å². The first kappa shape index (κ1) is 16.6. The van der Waals surface area contributed by atoms with E-state index in [1.54, 1.807) is 30.3 Å². The van der Waals surface area contributed by atoms with Gasteiger partial charge in [0.25, 0.3) is 5.91 Å². The van der Waals surface area contributed by atoms with E-state index in [1.165, 1.54) is 13.3 Å². The highest BCUT2D eigenvalue weighted by atomic mass is 16.2. The van der Waals surface area contributed by atoms with Gasteiger partial charge in [-0.05, 0) is 45.0 Å². The Morgan fingerprint density at radius 1 is 1.09 bits per heavy atom. The Labute approximate surface area is 135 Å². The zero-order valence-corrected chi connectivity index (χ0v) is 13.5. The first-order valence-corrected chi connectivity index (χ1v) is 7.54. The van der Waals surface area contributed by atoms with Crippen molar-refractivity contribution in [2.24, 2.45) is 0 Å². The van der Waals surface area contributed by atoms with E-state index in [1.807, 2.05) is 18.7 Å². The summed E-state index contributed by atoms with van der Waals surface area (Å²) in [5.74, 6) is 0.404. The molecule has 0 spiro atoms. The predicted molar refractivity (Wildman–Crippen MR) is 90.0 cm³/mol. The maximum atomic E-state index is 12.3. The van der Waals surface area contributed by atoms with Gasteiger partial charge < -0.3 is 10.2 Å². The van der Waals surface area contributed by atoms with Crippen LogP contribution in [0, 0.1) is 0 Å². The molecule has 0 aliphatic carbocycles. The van der Waals surface area contributed by atoms with E-state index in [0.29, 0.717) is 16.9 Å². The van der Waals surface area contributed by atoms with Gasteiger partial charge in [0, 0.05) is 30.4 Å². The molecule has 6 nitrogen and oxygen atoms in total. The fraction of sp³-hybridized carbons (Fsp3) is 0.294. The molecule has 0 radical (unpaired) electrons. The van der Waals surface area contributed by atoms with Crippen molar-refractivity contribution in [1.29, 1.82) is 0 Å². The molecule has 6 heteroatoms. The van der Waals surface area contributed by atoms with E-state index in [9.17, 15) is 9.59 Å². The Kier molecular flexibility index (Phi) is 5.41. The third kappa shape index (κ3) is 4.12. The van der Waals surface area contributed by atoms with Crippen LogP contribution in [0.1, 0.15) is 41.6 Å². The van der Waals surface area contributed by atoms with Crippen LogP contribution in [0.5, 0.6) is 0 Å². The van der Waals surface area contributed by atoms with Crippen molar-refractivity contribution in [2.75, 3.05) is 23.3 Å². The number of carbonyl (C=O) groups is 2. The average Bonchev–Trinajstić information content (AvgIpc) is 2.57. The lowest BCUT2D eigenvalue weighted by Crippen LogP contribution is -2.24. The number of anilines is 2. The van der Waals surface area contributed by atoms with Crippen molar-refractivity contribution < 1.29 is 9.59 Å². The smallest absolute Gasteiger partial charge is 0.274 e. The van der Waals surface area contributed by atoms with Gasteiger partial charge >= 0.3 is 0 Å². The van der Waals surface area contributed by atoms with Gasteiger partial charge in [-0.25, -0.2) is 9.97 Å². The van der Waals surface area contributed by atoms with E-state index >= 15 is 0 Å². The number of nitrogens with zero attached hydrogens (tertiary/aromatic N) is 3. The number of nitrogens with one attached hydrogen (secondary N) is 1. The zero-order chi connectivity index (χ0) is 16.8. The largest absolute Gasteiger partial charge is 0.357 e. The molecule has 1 aromatic carbocycles. The van der Waals surface area contributed by atoms with Crippen molar-refractivity contribution in [1.82, 2.24) is 9.97 Å². The second-order valence-electron chi connectivity index (χ2n) is 5.02. The van der Waals surface area contributed by atoms with Crippen LogP contribution in [-0.4, -0.2) is 34.7 Å². The molecule has 0 atom stereocenters. The van der Waals surface area contributed by atoms with Crippen LogP contribution in [0.15, 0.2) is 36.7 Å². The van der Waals surface area contributed by atoms with Gasteiger partial charge in [0.2, 0.25) is 0 Å². The summed E-state index contributed by atoms with van der Waals surface area (Å²) in [5.41, 5.74) is 1.52. The average molecular weight is 312 g/mol. The van der Waals surface area contributed by atoms with Crippen LogP contribution >= 0.6 is 0 Å². The van der Waals surface area contributed by atoms with Crippen molar-refractivity contribution >= 4 is 23.2 Å². The molecule has 0 saturated heterocycles. The molecule has 0 unspecified atom stereocenters. The number of hydrogen-bond donors (Lipinski definition) is 1. The number of Topliss-reactive ketones (excluding diaryl/α,β-unsaturated/α-hetero) is 1. The zero-order valence-electron chi connectivity index (χ0n) is 13.5. The van der Waals surface area contributed by atoms with Gasteiger partial charge in [0.05, 0.1) is 0 Å². The number of benzene rings is 1. The minimum absolute atomic E-state index is 0.0115. The van der Waals surface area contributed by atoms with Crippen molar-refractivity contribution in [3.05, 3.63) is 47.9 Å². The van der Waals surface area contributed by atoms with Crippen LogP contribution in [0.25, 0.3) is 0 Å². The number of amides is 1. The molecule has 1 N–H and O–H groups in total. The lowest BCUT2D eigenvalue weighted by Gasteiger charge is -2.19. The molecule has 0 saturated carbocycles. The molecule has 23 heavy (non-hydrogen) atoms. The van der Waals surface area contributed by atoms with Gasteiger partial charge in [-0.2, -0.15) is 0 Å². The highest BCUT2D eigenvalue weighted by Crippen LogP contribution is 2.14. The van der Waals surface area contributed by atoms with Crippen LogP contribution in [0.3, 0.4) is 0 Å². The summed E-state index contributed by atoms with van der Waals surface area (Å²) in [6, 6.07) is 8.42. The third-order valence-corrected chi connectivity index (χ3v) is 3.52. The molecule has 120 valence electrons. The van der Waals surface area contributed by atoms with Gasteiger partial charge in [0.15, 0.2) is 5.78 Å². The number of rotatable bonds is 6. The van der Waals surface area contributed by atoms with E-state index in [2.05, 4.69) is 15.3 Å². The fourth-order valence-corrected chi connectivity index (χ4v) is 2.18. The predicted octanol–water partition coefficient (Wildman–Crippen LogP) is 2.78. The summed E-state index contributed by atoms with van der Waals surface area (Å²) in [7, 11) is 0. The van der Waals surface area contributed by atoms with E-state index in [-0.39, 0.29) is 11.7 Å². The summed E-state index contributed by atoms with van der Waals surface area (Å²) >= 11 is 0. The van der Waals surface area contributed by atoms with Gasteiger partial charge in [0.1, 0.15) is 17.8 Å². The van der Waals surface area contributed by atoms with Crippen molar-refractivity contribution in [3.63, 3.8) is 0 Å². The van der Waals surface area contributed by atoms with Crippen LogP contribution in [0.4, 0.5) is 11.5 Å². The molecule has 1 aromatic heterocycles. The van der Waals surface area contributed by atoms with Gasteiger partial charge in [-0.15, -0.1) is 0 Å². The Morgan fingerprint density at radius 3 is 2.30 bits per heavy atom. The van der Waals surface area contributed by atoms with Crippen LogP contribution in [-0.2, 0) is 0 Å². The summed E-state index contributed by atoms with van der Waals surface area (Å²) < 4.78 is 0. The molecule has 0 aliphatic heterocycles. The molecule has 0 bridgehead atoms. The number of aromatic nitrogens is 2. The molecule has 0 fully saturated rings. The molecule has 1 heterocycles. The Balaban J connectivity index is 2.14. The second-order valence-corrected chi connectivity index (χ2v) is 5.02. The maximum absolute atomic E-state index is 12.3. The SMILES string of the molecule is CCN(CC)c1cc(C(=O)Nc2ccc(C(C)=O)cc2)ncn1. The summed E-state index contributed by atoms with van der Waals surface area (Å²) in [6.45, 7) is 7.18. The quantitative estimate of drug-likeness (QED) is 0.830. The lowest BCUT2D eigenvalue weighted by molar-refractivity contribution is 0.101. The first-order chi connectivity index (χ1) is 11.0. The Bertz CT molecular complexity index is 694. The fourth-order valence-electron chi connectivity index (χ4n) is 2.18. The highest BCUT2D eigenvalue weighted by molar-refractivity contribution is 6.03. The molecule has 1 amide bonds. The van der Waals surface area contributed by atoms with E-state index in [0.717, 1.165) is 18.9 Å². The molecular weight excluding hydrogens is 292 g/mol. The third-order valence-electron chi connectivity index (χ3n) is 3.52. The van der Waals surface area contributed by atoms with Gasteiger partial charge in [-0.3, -0.25) is 9.59 Å². The number of carbonyl (C=O) groups excluding carboxylic acids is 2. The van der Waals surface area contributed by atoms with Crippen molar-refractivity contribution in [3.8, 4) is 0 Å². The number of ketones is 1. The minimum Gasteiger partial charge on any atom is -0.357 e.